The normalized spacial score (nSPS) is 16.6. The van der Waals surface area contributed by atoms with Gasteiger partial charge in [-0.2, -0.15) is 0 Å². The topological polar surface area (TPSA) is 115 Å². The molecule has 7 heteroatoms. The van der Waals surface area contributed by atoms with Gasteiger partial charge in [-0.15, -0.1) is 0 Å². The number of nitrogens with two attached hydrogens (primary N) is 1. The Kier molecular flexibility index (Phi) is 8.22. The van der Waals surface area contributed by atoms with Crippen LogP contribution in [-0.4, -0.2) is 47.6 Å². The molecule has 1 aliphatic rings. The lowest BCUT2D eigenvalue weighted by Gasteiger charge is -2.27. The van der Waals surface area contributed by atoms with Gasteiger partial charge in [-0.05, 0) is 43.7 Å². The van der Waals surface area contributed by atoms with E-state index in [1.54, 1.807) is 24.0 Å². The molecule has 0 saturated carbocycles. The molecule has 28 heavy (non-hydrogen) atoms. The minimum Gasteiger partial charge on any atom is -0.491 e. The SMILES string of the molecule is CCCCCOC1=CC(=Nc2ccc(N(CCO)C(C)O)cc2)C(N)=CC1=N. The molecule has 2 rings (SSSR count). The van der Waals surface area contributed by atoms with Crippen molar-refractivity contribution in [2.75, 3.05) is 24.7 Å². The maximum atomic E-state index is 9.84. The molecule has 5 N–H and O–H groups in total. The summed E-state index contributed by atoms with van der Waals surface area (Å²) in [7, 11) is 0. The Morgan fingerprint density at radius 3 is 2.54 bits per heavy atom. The number of aliphatic hydroxyl groups excluding tert-OH is 2. The van der Waals surface area contributed by atoms with Crippen LogP contribution >= 0.6 is 0 Å². The number of aliphatic imine (C=N–C) groups is 1. The van der Waals surface area contributed by atoms with Crippen LogP contribution in [0.15, 0.2) is 52.9 Å². The number of ether oxygens (including phenoxy) is 1. The Balaban J connectivity index is 2.16. The number of nitrogens with zero attached hydrogens (tertiary/aromatic N) is 2. The lowest BCUT2D eigenvalue weighted by Crippen LogP contribution is -2.35. The molecule has 1 aromatic rings. The number of nitrogens with one attached hydrogen (secondary N) is 1. The largest absolute Gasteiger partial charge is 0.491 e. The fourth-order valence-electron chi connectivity index (χ4n) is 2.83. The van der Waals surface area contributed by atoms with E-state index < -0.39 is 6.23 Å². The van der Waals surface area contributed by atoms with E-state index in [9.17, 15) is 5.11 Å². The van der Waals surface area contributed by atoms with Crippen molar-refractivity contribution in [1.29, 1.82) is 5.41 Å². The second-order valence-electron chi connectivity index (χ2n) is 6.64. The summed E-state index contributed by atoms with van der Waals surface area (Å²) in [5.41, 5.74) is 8.74. The quantitative estimate of drug-likeness (QED) is 0.280. The fraction of sp³-hybridized carbons (Fsp3) is 0.429. The fourth-order valence-corrected chi connectivity index (χ4v) is 2.83. The summed E-state index contributed by atoms with van der Waals surface area (Å²) in [6.07, 6.45) is 5.69. The minimum absolute atomic E-state index is 0.0476. The molecule has 1 aliphatic carbocycles. The first-order valence-electron chi connectivity index (χ1n) is 9.61. The third-order valence-electron chi connectivity index (χ3n) is 4.36. The molecule has 1 aromatic carbocycles. The van der Waals surface area contributed by atoms with E-state index in [0.29, 0.717) is 36.0 Å². The van der Waals surface area contributed by atoms with Gasteiger partial charge in [0.05, 0.1) is 36.0 Å². The molecule has 152 valence electrons. The van der Waals surface area contributed by atoms with Gasteiger partial charge in [-0.25, -0.2) is 4.99 Å². The molecule has 0 spiro atoms. The summed E-state index contributed by atoms with van der Waals surface area (Å²) in [6, 6.07) is 7.30. The molecule has 1 atom stereocenters. The highest BCUT2D eigenvalue weighted by molar-refractivity contribution is 6.22. The third kappa shape index (κ3) is 5.94. The predicted molar refractivity (Wildman–Crippen MR) is 113 cm³/mol. The van der Waals surface area contributed by atoms with E-state index in [2.05, 4.69) is 11.9 Å². The van der Waals surface area contributed by atoms with E-state index in [4.69, 9.17) is 21.0 Å². The second-order valence-corrected chi connectivity index (χ2v) is 6.64. The van der Waals surface area contributed by atoms with Crippen LogP contribution in [0, 0.1) is 5.41 Å². The van der Waals surface area contributed by atoms with Crippen molar-refractivity contribution in [3.05, 3.63) is 47.9 Å². The van der Waals surface area contributed by atoms with E-state index in [0.717, 1.165) is 24.9 Å². The average molecular weight is 386 g/mol. The van der Waals surface area contributed by atoms with Crippen molar-refractivity contribution >= 4 is 22.8 Å². The van der Waals surface area contributed by atoms with E-state index in [1.165, 1.54) is 0 Å². The maximum Gasteiger partial charge on any atom is 0.146 e. The van der Waals surface area contributed by atoms with Crippen LogP contribution in [0.2, 0.25) is 0 Å². The molecular weight excluding hydrogens is 356 g/mol. The summed E-state index contributed by atoms with van der Waals surface area (Å²) in [5, 5.41) is 27.0. The lowest BCUT2D eigenvalue weighted by molar-refractivity contribution is 0.177. The van der Waals surface area contributed by atoms with Crippen molar-refractivity contribution in [3.63, 3.8) is 0 Å². The molecular formula is C21H30N4O3. The summed E-state index contributed by atoms with van der Waals surface area (Å²) in [5.74, 6) is 0.476. The number of hydrogen-bond donors (Lipinski definition) is 4. The Morgan fingerprint density at radius 2 is 1.93 bits per heavy atom. The van der Waals surface area contributed by atoms with Crippen LogP contribution in [0.1, 0.15) is 33.1 Å². The zero-order valence-electron chi connectivity index (χ0n) is 16.6. The predicted octanol–water partition coefficient (Wildman–Crippen LogP) is 2.86. The van der Waals surface area contributed by atoms with Gasteiger partial charge in [-0.3, -0.25) is 5.41 Å². The van der Waals surface area contributed by atoms with Crippen molar-refractivity contribution in [2.45, 2.75) is 39.3 Å². The number of rotatable bonds is 10. The third-order valence-corrected chi connectivity index (χ3v) is 4.36. The van der Waals surface area contributed by atoms with Crippen LogP contribution in [-0.2, 0) is 4.74 Å². The Bertz CT molecular complexity index is 751. The van der Waals surface area contributed by atoms with Crippen LogP contribution in [0.4, 0.5) is 11.4 Å². The Hall–Kier alpha value is -2.64. The smallest absolute Gasteiger partial charge is 0.146 e. The zero-order chi connectivity index (χ0) is 20.5. The number of allylic oxidation sites excluding steroid dienone is 2. The van der Waals surface area contributed by atoms with Gasteiger partial charge in [0.15, 0.2) is 0 Å². The minimum atomic E-state index is -0.706. The highest BCUT2D eigenvalue weighted by atomic mass is 16.5. The molecule has 0 aliphatic heterocycles. The Morgan fingerprint density at radius 1 is 1.21 bits per heavy atom. The van der Waals surface area contributed by atoms with Crippen molar-refractivity contribution in [3.8, 4) is 0 Å². The highest BCUT2D eigenvalue weighted by Crippen LogP contribution is 2.23. The zero-order valence-corrected chi connectivity index (χ0v) is 16.6. The van der Waals surface area contributed by atoms with E-state index in [-0.39, 0.29) is 12.3 Å². The van der Waals surface area contributed by atoms with Gasteiger partial charge < -0.3 is 25.6 Å². The molecule has 0 bridgehead atoms. The number of anilines is 1. The molecule has 0 radical (unpaired) electrons. The van der Waals surface area contributed by atoms with Crippen LogP contribution < -0.4 is 10.6 Å². The monoisotopic (exact) mass is 386 g/mol. The molecule has 1 unspecified atom stereocenters. The van der Waals surface area contributed by atoms with Crippen LogP contribution in [0.5, 0.6) is 0 Å². The molecule has 7 nitrogen and oxygen atoms in total. The summed E-state index contributed by atoms with van der Waals surface area (Å²) >= 11 is 0. The molecule has 0 aromatic heterocycles. The number of benzene rings is 1. The lowest BCUT2D eigenvalue weighted by atomic mass is 10.1. The van der Waals surface area contributed by atoms with Crippen molar-refractivity contribution in [2.24, 2.45) is 10.7 Å². The van der Waals surface area contributed by atoms with Crippen LogP contribution in [0.3, 0.4) is 0 Å². The molecule has 0 heterocycles. The van der Waals surface area contributed by atoms with Gasteiger partial charge in [0.1, 0.15) is 12.0 Å². The summed E-state index contributed by atoms with van der Waals surface area (Å²) < 4.78 is 5.71. The first kappa shape index (κ1) is 21.7. The number of hydrogen-bond acceptors (Lipinski definition) is 7. The molecule has 0 saturated heterocycles. The van der Waals surface area contributed by atoms with E-state index in [1.807, 2.05) is 24.3 Å². The van der Waals surface area contributed by atoms with Gasteiger partial charge in [0.25, 0.3) is 0 Å². The number of aliphatic hydroxyl groups is 2. The maximum absolute atomic E-state index is 9.84. The van der Waals surface area contributed by atoms with Gasteiger partial charge in [-0.1, -0.05) is 19.8 Å². The summed E-state index contributed by atoms with van der Waals surface area (Å²) in [6.45, 7) is 4.64. The van der Waals surface area contributed by atoms with Crippen molar-refractivity contribution < 1.29 is 14.9 Å². The average Bonchev–Trinajstić information content (AvgIpc) is 2.67. The highest BCUT2D eigenvalue weighted by Gasteiger charge is 2.16. The number of unbranched alkanes of at least 4 members (excludes halogenated alkanes) is 2. The van der Waals surface area contributed by atoms with Crippen molar-refractivity contribution in [1.82, 2.24) is 0 Å². The molecule has 0 amide bonds. The second kappa shape index (κ2) is 10.6. The van der Waals surface area contributed by atoms with Gasteiger partial charge in [0, 0.05) is 18.3 Å². The van der Waals surface area contributed by atoms with Gasteiger partial charge in [0.2, 0.25) is 0 Å². The first-order valence-corrected chi connectivity index (χ1v) is 9.61. The standard InChI is InChI=1S/C21H30N4O3/c1-3-4-5-12-28-21-14-20(18(22)13-19(21)23)24-16-6-8-17(9-7-16)25(10-11-26)15(2)27/h6-9,13-15,23,26-27H,3-5,10-12,22H2,1-2H3. The first-order chi connectivity index (χ1) is 13.5. The molecule has 0 fully saturated rings. The van der Waals surface area contributed by atoms with E-state index >= 15 is 0 Å². The summed E-state index contributed by atoms with van der Waals surface area (Å²) in [4.78, 5) is 6.25. The Labute approximate surface area is 166 Å². The van der Waals surface area contributed by atoms with Gasteiger partial charge >= 0.3 is 0 Å². The van der Waals surface area contributed by atoms with Crippen LogP contribution in [0.25, 0.3) is 0 Å².